The van der Waals surface area contributed by atoms with Crippen LogP contribution in [0.1, 0.15) is 260 Å². The lowest BCUT2D eigenvalue weighted by Crippen LogP contribution is -2.30. The minimum atomic E-state index is -4.93. The number of hydrogen-bond acceptors (Lipinski definition) is 15. The van der Waals surface area contributed by atoms with Gasteiger partial charge in [0.25, 0.3) is 0 Å². The lowest BCUT2D eigenvalue weighted by atomic mass is 10.0. The molecule has 438 valence electrons. The Labute approximate surface area is 447 Å². The van der Waals surface area contributed by atoms with E-state index in [1.165, 1.54) is 70.6 Å². The monoisotopic (exact) mass is 1100 g/mol. The van der Waals surface area contributed by atoms with Crippen molar-refractivity contribution in [3.63, 3.8) is 0 Å². The summed E-state index contributed by atoms with van der Waals surface area (Å²) in [5, 5.41) is 10.4. The van der Waals surface area contributed by atoms with Crippen LogP contribution in [0.25, 0.3) is 0 Å². The Hall–Kier alpha value is -1.94. The molecule has 5 atom stereocenters. The smallest absolute Gasteiger partial charge is 0.462 e. The molecule has 0 aliphatic heterocycles. The maximum absolute atomic E-state index is 12.9. The second kappa shape index (κ2) is 48.2. The molecule has 2 unspecified atom stereocenters. The molecule has 19 heteroatoms. The molecule has 0 aliphatic carbocycles. The molecule has 74 heavy (non-hydrogen) atoms. The molecule has 0 aromatic heterocycles. The quantitative estimate of drug-likeness (QED) is 0.0222. The number of rotatable bonds is 54. The standard InChI is InChI=1S/C55H106O17P2/c1-7-9-11-13-14-15-16-19-26-32-38-53(58)66-44-51(71-54(59)39-33-27-20-17-18-24-29-35-47(3)4)46-70-74(63,64)68-42-49(56)41-67-73(61,62)69-45-50(43-65-52(57)37-31-23-12-10-8-2)72-55(60)40-34-28-22-21-25-30-36-48(5)6/h47-51,56H,7-46H2,1-6H3,(H,61,62)(H,63,64)/t49-,50+,51+/m0/s1. The van der Waals surface area contributed by atoms with Crippen molar-refractivity contribution in [1.29, 1.82) is 0 Å². The van der Waals surface area contributed by atoms with Gasteiger partial charge in [-0.05, 0) is 37.5 Å². The fourth-order valence-electron chi connectivity index (χ4n) is 7.94. The van der Waals surface area contributed by atoms with Gasteiger partial charge in [-0.15, -0.1) is 0 Å². The lowest BCUT2D eigenvalue weighted by molar-refractivity contribution is -0.161. The molecular weight excluding hydrogens is 995 g/mol. The van der Waals surface area contributed by atoms with Crippen LogP contribution in [0.15, 0.2) is 0 Å². The van der Waals surface area contributed by atoms with E-state index >= 15 is 0 Å². The van der Waals surface area contributed by atoms with Crippen molar-refractivity contribution >= 4 is 39.5 Å². The van der Waals surface area contributed by atoms with Gasteiger partial charge in [0.2, 0.25) is 0 Å². The van der Waals surface area contributed by atoms with Crippen molar-refractivity contribution in [2.75, 3.05) is 39.6 Å². The molecule has 0 saturated heterocycles. The van der Waals surface area contributed by atoms with E-state index in [1.807, 2.05) is 0 Å². The van der Waals surface area contributed by atoms with Gasteiger partial charge in [-0.3, -0.25) is 37.3 Å². The molecule has 0 fully saturated rings. The second-order valence-electron chi connectivity index (χ2n) is 20.9. The van der Waals surface area contributed by atoms with Gasteiger partial charge < -0.3 is 33.8 Å². The van der Waals surface area contributed by atoms with Gasteiger partial charge in [0.1, 0.15) is 19.3 Å². The van der Waals surface area contributed by atoms with Gasteiger partial charge in [0.15, 0.2) is 12.2 Å². The third-order valence-electron chi connectivity index (χ3n) is 12.5. The third kappa shape index (κ3) is 49.6. The van der Waals surface area contributed by atoms with Crippen LogP contribution < -0.4 is 0 Å². The van der Waals surface area contributed by atoms with Gasteiger partial charge in [0.05, 0.1) is 26.4 Å². The van der Waals surface area contributed by atoms with Crippen molar-refractivity contribution < 1.29 is 80.2 Å². The third-order valence-corrected chi connectivity index (χ3v) is 14.4. The topological polar surface area (TPSA) is 237 Å². The molecule has 17 nitrogen and oxygen atoms in total. The summed E-state index contributed by atoms with van der Waals surface area (Å²) in [6, 6.07) is 0. The summed E-state index contributed by atoms with van der Waals surface area (Å²) < 4.78 is 67.3. The van der Waals surface area contributed by atoms with E-state index in [9.17, 15) is 43.2 Å². The summed E-state index contributed by atoms with van der Waals surface area (Å²) in [5.41, 5.74) is 0. The van der Waals surface area contributed by atoms with Gasteiger partial charge in [-0.2, -0.15) is 0 Å². The summed E-state index contributed by atoms with van der Waals surface area (Å²) in [5.74, 6) is -0.798. The number of unbranched alkanes of at least 4 members (excludes halogenated alkanes) is 24. The number of carbonyl (C=O) groups excluding carboxylic acids is 4. The Morgan fingerprint density at radius 3 is 0.919 bits per heavy atom. The predicted octanol–water partition coefficient (Wildman–Crippen LogP) is 14.1. The zero-order chi connectivity index (χ0) is 55.1. The Bertz CT molecular complexity index is 1480. The van der Waals surface area contributed by atoms with Crippen LogP contribution in [0.3, 0.4) is 0 Å². The highest BCUT2D eigenvalue weighted by atomic mass is 31.2. The highest BCUT2D eigenvalue weighted by molar-refractivity contribution is 7.47. The highest BCUT2D eigenvalue weighted by Gasteiger charge is 2.30. The minimum Gasteiger partial charge on any atom is -0.462 e. The van der Waals surface area contributed by atoms with Crippen molar-refractivity contribution in [3.05, 3.63) is 0 Å². The molecular formula is C55H106O17P2. The number of hydrogen-bond donors (Lipinski definition) is 3. The Kier molecular flexibility index (Phi) is 46.9. The second-order valence-corrected chi connectivity index (χ2v) is 23.8. The number of ether oxygens (including phenoxy) is 4. The maximum Gasteiger partial charge on any atom is 0.472 e. The number of esters is 4. The first kappa shape index (κ1) is 72.1. The number of aliphatic hydroxyl groups is 1. The van der Waals surface area contributed by atoms with Crippen LogP contribution in [0.5, 0.6) is 0 Å². The maximum atomic E-state index is 12.9. The van der Waals surface area contributed by atoms with Gasteiger partial charge >= 0.3 is 39.5 Å². The number of phosphoric ester groups is 2. The van der Waals surface area contributed by atoms with Crippen LogP contribution >= 0.6 is 15.6 Å². The Balaban J connectivity index is 5.19. The average molecular weight is 1100 g/mol. The summed E-state index contributed by atoms with van der Waals surface area (Å²) in [4.78, 5) is 71.4. The summed E-state index contributed by atoms with van der Waals surface area (Å²) in [7, 11) is -9.86. The molecule has 0 bridgehead atoms. The first-order valence-corrected chi connectivity index (χ1v) is 32.0. The van der Waals surface area contributed by atoms with E-state index in [-0.39, 0.29) is 25.7 Å². The molecule has 0 rings (SSSR count). The number of phosphoric acid groups is 2. The zero-order valence-electron chi connectivity index (χ0n) is 47.1. The van der Waals surface area contributed by atoms with Gasteiger partial charge in [0, 0.05) is 25.7 Å². The minimum absolute atomic E-state index is 0.101. The van der Waals surface area contributed by atoms with Crippen LogP contribution in [0.2, 0.25) is 0 Å². The summed E-state index contributed by atoms with van der Waals surface area (Å²) >= 11 is 0. The molecule has 0 aromatic carbocycles. The van der Waals surface area contributed by atoms with Crippen LogP contribution in [0, 0.1) is 11.8 Å². The lowest BCUT2D eigenvalue weighted by Gasteiger charge is -2.21. The Morgan fingerprint density at radius 1 is 0.365 bits per heavy atom. The van der Waals surface area contributed by atoms with Crippen molar-refractivity contribution in [3.8, 4) is 0 Å². The molecule has 0 amide bonds. The fraction of sp³-hybridized carbons (Fsp3) is 0.927. The van der Waals surface area contributed by atoms with E-state index < -0.39 is 97.5 Å². The SMILES string of the molecule is CCCCCCCCCCCCC(=O)OC[C@H](COP(=O)(O)OC[C@@H](O)COP(=O)(O)OC[C@@H](COC(=O)CCCCCCC)OC(=O)CCCCCCCCC(C)C)OC(=O)CCCCCCCCCC(C)C. The first-order valence-electron chi connectivity index (χ1n) is 29.0. The highest BCUT2D eigenvalue weighted by Crippen LogP contribution is 2.45. The fourth-order valence-corrected chi connectivity index (χ4v) is 9.52. The van der Waals surface area contributed by atoms with Crippen LogP contribution in [0.4, 0.5) is 0 Å². The molecule has 0 radical (unpaired) electrons. The number of aliphatic hydroxyl groups excluding tert-OH is 1. The van der Waals surface area contributed by atoms with E-state index in [0.29, 0.717) is 37.5 Å². The van der Waals surface area contributed by atoms with Crippen molar-refractivity contribution in [1.82, 2.24) is 0 Å². The van der Waals surface area contributed by atoms with Gasteiger partial charge in [-0.1, -0.05) is 208 Å². The summed E-state index contributed by atoms with van der Waals surface area (Å²) in [6.45, 7) is 9.16. The normalized spacial score (nSPS) is 14.6. The molecule has 0 aliphatic rings. The van der Waals surface area contributed by atoms with E-state index in [2.05, 4.69) is 41.5 Å². The van der Waals surface area contributed by atoms with Crippen molar-refractivity contribution in [2.45, 2.75) is 278 Å². The zero-order valence-corrected chi connectivity index (χ0v) is 48.9. The summed E-state index contributed by atoms with van der Waals surface area (Å²) in [6.07, 6.45) is 27.2. The Morgan fingerprint density at radius 2 is 0.622 bits per heavy atom. The average Bonchev–Trinajstić information content (AvgIpc) is 3.35. The predicted molar refractivity (Wildman–Crippen MR) is 289 cm³/mol. The molecule has 0 spiro atoms. The molecule has 0 heterocycles. The largest absolute Gasteiger partial charge is 0.472 e. The molecule has 0 saturated carbocycles. The molecule has 0 aromatic rings. The van der Waals surface area contributed by atoms with E-state index in [4.69, 9.17) is 37.0 Å². The van der Waals surface area contributed by atoms with Crippen LogP contribution in [-0.2, 0) is 65.4 Å². The van der Waals surface area contributed by atoms with Crippen molar-refractivity contribution in [2.24, 2.45) is 11.8 Å². The molecule has 3 N–H and O–H groups in total. The van der Waals surface area contributed by atoms with Gasteiger partial charge in [-0.25, -0.2) is 9.13 Å². The number of carbonyl (C=O) groups is 4. The first-order chi connectivity index (χ1) is 35.4. The van der Waals surface area contributed by atoms with Crippen LogP contribution in [-0.4, -0.2) is 96.7 Å². The van der Waals surface area contributed by atoms with E-state index in [0.717, 1.165) is 96.3 Å². The van der Waals surface area contributed by atoms with E-state index in [1.54, 1.807) is 0 Å².